The Morgan fingerprint density at radius 3 is 2.72 bits per heavy atom. The quantitative estimate of drug-likeness (QED) is 0.830. The van der Waals surface area contributed by atoms with Crippen LogP contribution in [0.2, 0.25) is 5.02 Å². The van der Waals surface area contributed by atoms with Crippen molar-refractivity contribution in [3.8, 4) is 0 Å². The number of hydrogen-bond acceptors (Lipinski definition) is 2. The lowest BCUT2D eigenvalue weighted by Crippen LogP contribution is -2.17. The van der Waals surface area contributed by atoms with Crippen molar-refractivity contribution in [2.45, 2.75) is 13.0 Å². The number of thiophene rings is 1. The van der Waals surface area contributed by atoms with Crippen LogP contribution in [-0.4, -0.2) is 7.05 Å². The Balaban J connectivity index is 2.52. The van der Waals surface area contributed by atoms with Crippen molar-refractivity contribution in [3.63, 3.8) is 0 Å². The van der Waals surface area contributed by atoms with Crippen LogP contribution in [0.1, 0.15) is 22.0 Å². The summed E-state index contributed by atoms with van der Waals surface area (Å²) in [5.41, 5.74) is 1.49. The van der Waals surface area contributed by atoms with E-state index < -0.39 is 0 Å². The monoisotopic (exact) mass is 347 g/mol. The third-order valence-electron chi connectivity index (χ3n) is 2.78. The molecule has 2 rings (SSSR count). The number of hydrogen-bond donors (Lipinski definition) is 1. The number of benzene rings is 1. The van der Waals surface area contributed by atoms with E-state index in [0.717, 1.165) is 14.9 Å². The van der Waals surface area contributed by atoms with Gasteiger partial charge in [-0.25, -0.2) is 4.39 Å². The normalized spacial score (nSPS) is 12.7. The molecule has 5 heteroatoms. The summed E-state index contributed by atoms with van der Waals surface area (Å²) in [5.74, 6) is -0.274. The zero-order valence-corrected chi connectivity index (χ0v) is 13.1. The number of rotatable bonds is 3. The lowest BCUT2D eigenvalue weighted by molar-refractivity contribution is 0.614. The van der Waals surface area contributed by atoms with Gasteiger partial charge in [-0.2, -0.15) is 0 Å². The van der Waals surface area contributed by atoms with Crippen molar-refractivity contribution in [3.05, 3.63) is 54.9 Å². The molecule has 0 aliphatic carbocycles. The highest BCUT2D eigenvalue weighted by atomic mass is 79.9. The molecule has 2 aromatic rings. The molecule has 1 aromatic carbocycles. The molecule has 0 saturated carbocycles. The highest BCUT2D eigenvalue weighted by Crippen LogP contribution is 2.36. The van der Waals surface area contributed by atoms with E-state index in [1.54, 1.807) is 24.3 Å². The Kier molecular flexibility index (Phi) is 4.43. The van der Waals surface area contributed by atoms with E-state index in [-0.39, 0.29) is 11.9 Å². The molecule has 18 heavy (non-hydrogen) atoms. The molecule has 96 valence electrons. The summed E-state index contributed by atoms with van der Waals surface area (Å²) in [6.07, 6.45) is 0. The summed E-state index contributed by atoms with van der Waals surface area (Å²) in [4.78, 5) is 1.13. The van der Waals surface area contributed by atoms with Crippen LogP contribution in [0, 0.1) is 12.7 Å². The summed E-state index contributed by atoms with van der Waals surface area (Å²) < 4.78 is 14.5. The van der Waals surface area contributed by atoms with E-state index in [2.05, 4.69) is 21.2 Å². The molecular weight excluding hydrogens is 337 g/mol. The smallest absolute Gasteiger partial charge is 0.127 e. The van der Waals surface area contributed by atoms with Gasteiger partial charge in [-0.3, -0.25) is 0 Å². The summed E-state index contributed by atoms with van der Waals surface area (Å²) >= 11 is 11.3. The summed E-state index contributed by atoms with van der Waals surface area (Å²) in [6.45, 7) is 1.74. The molecule has 0 saturated heterocycles. The van der Waals surface area contributed by atoms with Gasteiger partial charge in [0.05, 0.1) is 6.04 Å². The zero-order chi connectivity index (χ0) is 13.3. The SMILES string of the molecule is CNC(c1cc(C)c(F)cc1Cl)c1sccc1Br. The van der Waals surface area contributed by atoms with Gasteiger partial charge in [-0.15, -0.1) is 11.3 Å². The maximum Gasteiger partial charge on any atom is 0.127 e. The van der Waals surface area contributed by atoms with Crippen LogP contribution in [-0.2, 0) is 0 Å². The van der Waals surface area contributed by atoms with Crippen LogP contribution in [0.3, 0.4) is 0 Å². The third-order valence-corrected chi connectivity index (χ3v) is 5.05. The highest BCUT2D eigenvalue weighted by Gasteiger charge is 2.20. The topological polar surface area (TPSA) is 12.0 Å². The molecule has 1 heterocycles. The maximum absolute atomic E-state index is 13.4. The highest BCUT2D eigenvalue weighted by molar-refractivity contribution is 9.10. The van der Waals surface area contributed by atoms with Gasteiger partial charge in [-0.05, 0) is 64.6 Å². The fourth-order valence-electron chi connectivity index (χ4n) is 1.84. The Labute approximate surface area is 123 Å². The molecule has 0 aliphatic heterocycles. The van der Waals surface area contributed by atoms with E-state index in [9.17, 15) is 4.39 Å². The van der Waals surface area contributed by atoms with Crippen molar-refractivity contribution in [2.24, 2.45) is 0 Å². The first-order valence-corrected chi connectivity index (χ1v) is 7.45. The van der Waals surface area contributed by atoms with Gasteiger partial charge in [0.15, 0.2) is 0 Å². The third kappa shape index (κ3) is 2.62. The van der Waals surface area contributed by atoms with Crippen LogP contribution in [0.5, 0.6) is 0 Å². The molecule has 0 spiro atoms. The van der Waals surface area contributed by atoms with Crippen molar-refractivity contribution in [2.75, 3.05) is 7.05 Å². The van der Waals surface area contributed by atoms with Crippen molar-refractivity contribution in [1.82, 2.24) is 5.32 Å². The van der Waals surface area contributed by atoms with Gasteiger partial charge in [0, 0.05) is 14.4 Å². The first-order valence-electron chi connectivity index (χ1n) is 5.40. The van der Waals surface area contributed by atoms with E-state index in [1.807, 2.05) is 18.5 Å². The Morgan fingerprint density at radius 2 is 2.17 bits per heavy atom. The molecular formula is C13H12BrClFNS. The molecule has 1 atom stereocenters. The van der Waals surface area contributed by atoms with E-state index >= 15 is 0 Å². The Morgan fingerprint density at radius 1 is 1.44 bits per heavy atom. The second-order valence-electron chi connectivity index (χ2n) is 3.98. The Hall–Kier alpha value is -0.420. The van der Waals surface area contributed by atoms with Gasteiger partial charge in [-0.1, -0.05) is 11.6 Å². The lowest BCUT2D eigenvalue weighted by Gasteiger charge is -2.18. The molecule has 0 radical (unpaired) electrons. The van der Waals surface area contributed by atoms with Gasteiger partial charge >= 0.3 is 0 Å². The molecule has 1 aromatic heterocycles. The maximum atomic E-state index is 13.4. The predicted octanol–water partition coefficient (Wildman–Crippen LogP) is 4.92. The van der Waals surface area contributed by atoms with Crippen LogP contribution < -0.4 is 5.32 Å². The average Bonchev–Trinajstić information content (AvgIpc) is 2.73. The molecule has 1 unspecified atom stereocenters. The molecule has 1 N–H and O–H groups in total. The summed E-state index contributed by atoms with van der Waals surface area (Å²) in [5, 5.41) is 5.67. The second kappa shape index (κ2) is 5.70. The largest absolute Gasteiger partial charge is 0.309 e. The van der Waals surface area contributed by atoms with E-state index in [4.69, 9.17) is 11.6 Å². The van der Waals surface area contributed by atoms with Crippen LogP contribution in [0.4, 0.5) is 4.39 Å². The zero-order valence-electron chi connectivity index (χ0n) is 9.93. The fraction of sp³-hybridized carbons (Fsp3) is 0.231. The fourth-order valence-corrected chi connectivity index (χ4v) is 3.83. The number of nitrogens with one attached hydrogen (secondary N) is 1. The number of halogens is 3. The number of aryl methyl sites for hydroxylation is 1. The minimum Gasteiger partial charge on any atom is -0.309 e. The minimum absolute atomic E-state index is 0.0359. The average molecular weight is 349 g/mol. The van der Waals surface area contributed by atoms with Gasteiger partial charge in [0.2, 0.25) is 0 Å². The summed E-state index contributed by atoms with van der Waals surface area (Å²) in [7, 11) is 1.87. The van der Waals surface area contributed by atoms with E-state index in [0.29, 0.717) is 10.6 Å². The second-order valence-corrected chi connectivity index (χ2v) is 6.19. The minimum atomic E-state index is -0.274. The molecule has 0 fully saturated rings. The molecule has 0 aliphatic rings. The Bertz CT molecular complexity index is 570. The van der Waals surface area contributed by atoms with Crippen LogP contribution in [0.25, 0.3) is 0 Å². The van der Waals surface area contributed by atoms with Crippen molar-refractivity contribution < 1.29 is 4.39 Å². The van der Waals surface area contributed by atoms with Crippen molar-refractivity contribution in [1.29, 1.82) is 0 Å². The first-order chi connectivity index (χ1) is 8.54. The molecule has 1 nitrogen and oxygen atoms in total. The standard InChI is InChI=1S/C13H12BrClFNS/c1-7-5-8(10(15)6-11(7)16)12(17-2)13-9(14)3-4-18-13/h3-6,12,17H,1-2H3. The summed E-state index contributed by atoms with van der Waals surface area (Å²) in [6, 6.07) is 5.13. The lowest BCUT2D eigenvalue weighted by atomic mass is 10.0. The first kappa shape index (κ1) is 14.0. The van der Waals surface area contributed by atoms with Gasteiger partial charge < -0.3 is 5.32 Å². The predicted molar refractivity (Wildman–Crippen MR) is 79.1 cm³/mol. The van der Waals surface area contributed by atoms with Gasteiger partial charge in [0.25, 0.3) is 0 Å². The van der Waals surface area contributed by atoms with Crippen LogP contribution in [0.15, 0.2) is 28.1 Å². The van der Waals surface area contributed by atoms with Gasteiger partial charge in [0.1, 0.15) is 5.82 Å². The van der Waals surface area contributed by atoms with Crippen LogP contribution >= 0.6 is 38.9 Å². The van der Waals surface area contributed by atoms with E-state index in [1.165, 1.54) is 6.07 Å². The molecule has 0 bridgehead atoms. The van der Waals surface area contributed by atoms with Crippen molar-refractivity contribution >= 4 is 38.9 Å². The molecule has 0 amide bonds.